The van der Waals surface area contributed by atoms with Crippen molar-refractivity contribution < 1.29 is 4.39 Å². The fourth-order valence-electron chi connectivity index (χ4n) is 1.40. The van der Waals surface area contributed by atoms with Gasteiger partial charge in [-0.05, 0) is 40.2 Å². The first kappa shape index (κ1) is 13.0. The van der Waals surface area contributed by atoms with Gasteiger partial charge in [-0.2, -0.15) is 0 Å². The summed E-state index contributed by atoms with van der Waals surface area (Å²) in [6, 6.07) is 8.23. The molecule has 1 heterocycles. The van der Waals surface area contributed by atoms with Crippen LogP contribution in [0.4, 0.5) is 4.39 Å². The van der Waals surface area contributed by atoms with Gasteiger partial charge in [0, 0.05) is 11.1 Å². The molecule has 1 aromatic heterocycles. The van der Waals surface area contributed by atoms with Crippen LogP contribution in [0.3, 0.4) is 0 Å². The van der Waals surface area contributed by atoms with Crippen LogP contribution in [0.1, 0.15) is 5.56 Å². The van der Waals surface area contributed by atoms with Gasteiger partial charge in [-0.15, -0.1) is 0 Å². The van der Waals surface area contributed by atoms with Crippen LogP contribution < -0.4 is 5.73 Å². The standard InChI is InChI=1S/C12H9BrFN3S/c13-7-3-2-6-17-12(7)18-9-5-1-4-8(14)10(9)11(15)16/h1-6H,(H3,15,16). The third-order valence-electron chi connectivity index (χ3n) is 2.18. The molecular weight excluding hydrogens is 317 g/mol. The highest BCUT2D eigenvalue weighted by molar-refractivity contribution is 9.10. The number of nitrogens with zero attached hydrogens (tertiary/aromatic N) is 1. The second kappa shape index (κ2) is 5.49. The molecule has 0 saturated carbocycles. The predicted octanol–water partition coefficient (Wildman–Crippen LogP) is 3.42. The molecule has 1 aromatic carbocycles. The van der Waals surface area contributed by atoms with Gasteiger partial charge in [0.1, 0.15) is 16.7 Å². The molecule has 0 unspecified atom stereocenters. The molecule has 3 N–H and O–H groups in total. The molecule has 2 rings (SSSR count). The van der Waals surface area contributed by atoms with Crippen LogP contribution in [0.5, 0.6) is 0 Å². The van der Waals surface area contributed by atoms with Crippen LogP contribution in [0, 0.1) is 11.2 Å². The molecule has 3 nitrogen and oxygen atoms in total. The molecule has 0 aliphatic heterocycles. The van der Waals surface area contributed by atoms with Gasteiger partial charge in [-0.25, -0.2) is 9.37 Å². The SMILES string of the molecule is N=C(N)c1c(F)cccc1Sc1ncccc1Br. The first-order chi connectivity index (χ1) is 8.59. The Hall–Kier alpha value is -1.40. The lowest BCUT2D eigenvalue weighted by molar-refractivity contribution is 0.621. The highest BCUT2D eigenvalue weighted by atomic mass is 79.9. The Morgan fingerprint density at radius 2 is 2.11 bits per heavy atom. The van der Waals surface area contributed by atoms with E-state index in [1.807, 2.05) is 6.07 Å². The second-order valence-electron chi connectivity index (χ2n) is 3.42. The Labute approximate surface area is 116 Å². The van der Waals surface area contributed by atoms with Gasteiger partial charge >= 0.3 is 0 Å². The number of aromatic nitrogens is 1. The molecule has 0 amide bonds. The minimum Gasteiger partial charge on any atom is -0.384 e. The van der Waals surface area contributed by atoms with Gasteiger partial charge in [-0.3, -0.25) is 5.41 Å². The zero-order valence-electron chi connectivity index (χ0n) is 9.15. The lowest BCUT2D eigenvalue weighted by atomic mass is 10.2. The summed E-state index contributed by atoms with van der Waals surface area (Å²) in [6.07, 6.45) is 1.65. The zero-order valence-corrected chi connectivity index (χ0v) is 11.6. The molecule has 0 spiro atoms. The van der Waals surface area contributed by atoms with Gasteiger partial charge in [0.25, 0.3) is 0 Å². The quantitative estimate of drug-likeness (QED) is 0.671. The maximum Gasteiger partial charge on any atom is 0.135 e. The van der Waals surface area contributed by atoms with E-state index in [0.29, 0.717) is 9.92 Å². The van der Waals surface area contributed by atoms with Gasteiger partial charge in [0.15, 0.2) is 0 Å². The van der Waals surface area contributed by atoms with E-state index in [4.69, 9.17) is 11.1 Å². The van der Waals surface area contributed by atoms with Gasteiger partial charge < -0.3 is 5.73 Å². The summed E-state index contributed by atoms with van der Waals surface area (Å²) in [5.41, 5.74) is 5.52. The lowest BCUT2D eigenvalue weighted by Crippen LogP contribution is -2.14. The minimum absolute atomic E-state index is 0.111. The normalized spacial score (nSPS) is 10.3. The molecule has 0 bridgehead atoms. The fraction of sp³-hybridized carbons (Fsp3) is 0. The first-order valence-corrected chi connectivity index (χ1v) is 6.62. The fourth-order valence-corrected chi connectivity index (χ4v) is 2.84. The van der Waals surface area contributed by atoms with Gasteiger partial charge in [0.05, 0.1) is 10.0 Å². The summed E-state index contributed by atoms with van der Waals surface area (Å²) in [5.74, 6) is -0.790. The van der Waals surface area contributed by atoms with Gasteiger partial charge in [0.2, 0.25) is 0 Å². The summed E-state index contributed by atoms with van der Waals surface area (Å²) < 4.78 is 14.5. The Morgan fingerprint density at radius 3 is 2.78 bits per heavy atom. The number of pyridine rings is 1. The van der Waals surface area contributed by atoms with Crippen molar-refractivity contribution in [2.45, 2.75) is 9.92 Å². The first-order valence-electron chi connectivity index (χ1n) is 5.01. The maximum atomic E-state index is 13.6. The van der Waals surface area contributed by atoms with E-state index in [1.54, 1.807) is 24.4 Å². The van der Waals surface area contributed by atoms with Crippen LogP contribution in [-0.4, -0.2) is 10.8 Å². The minimum atomic E-state index is -0.500. The number of benzene rings is 1. The molecule has 0 aliphatic rings. The third kappa shape index (κ3) is 2.70. The lowest BCUT2D eigenvalue weighted by Gasteiger charge is -2.09. The second-order valence-corrected chi connectivity index (χ2v) is 5.30. The molecule has 0 radical (unpaired) electrons. The molecule has 0 fully saturated rings. The average Bonchev–Trinajstić information content (AvgIpc) is 2.31. The molecule has 18 heavy (non-hydrogen) atoms. The number of hydrogen-bond acceptors (Lipinski definition) is 3. The largest absolute Gasteiger partial charge is 0.384 e. The average molecular weight is 326 g/mol. The summed E-state index contributed by atoms with van der Waals surface area (Å²) in [5, 5.41) is 8.13. The number of nitrogen functional groups attached to an aromatic ring is 1. The van der Waals surface area contributed by atoms with Crippen LogP contribution in [0.2, 0.25) is 0 Å². The number of nitrogens with two attached hydrogens (primary N) is 1. The monoisotopic (exact) mass is 325 g/mol. The highest BCUT2D eigenvalue weighted by Crippen LogP contribution is 2.34. The summed E-state index contributed by atoms with van der Waals surface area (Å²) in [6.45, 7) is 0. The molecular formula is C12H9BrFN3S. The van der Waals surface area contributed by atoms with Crippen molar-refractivity contribution >= 4 is 33.5 Å². The Morgan fingerprint density at radius 1 is 1.33 bits per heavy atom. The van der Waals surface area contributed by atoms with Crippen molar-refractivity contribution in [3.63, 3.8) is 0 Å². The van der Waals surface area contributed by atoms with Crippen LogP contribution in [0.15, 0.2) is 50.9 Å². The summed E-state index contributed by atoms with van der Waals surface area (Å²) in [7, 11) is 0. The Kier molecular flexibility index (Phi) is 3.98. The number of amidine groups is 1. The number of hydrogen-bond donors (Lipinski definition) is 2. The van der Waals surface area contributed by atoms with Crippen LogP contribution in [-0.2, 0) is 0 Å². The van der Waals surface area contributed by atoms with Crippen LogP contribution in [0.25, 0.3) is 0 Å². The van der Waals surface area contributed by atoms with Crippen molar-refractivity contribution in [1.29, 1.82) is 5.41 Å². The van der Waals surface area contributed by atoms with Crippen molar-refractivity contribution in [1.82, 2.24) is 4.98 Å². The van der Waals surface area contributed by atoms with Crippen molar-refractivity contribution in [3.8, 4) is 0 Å². The maximum absolute atomic E-state index is 13.6. The molecule has 92 valence electrons. The number of nitrogens with one attached hydrogen (secondary N) is 1. The van der Waals surface area contributed by atoms with Crippen molar-refractivity contribution in [3.05, 3.63) is 52.4 Å². The number of halogens is 2. The zero-order chi connectivity index (χ0) is 13.1. The Bertz CT molecular complexity index is 604. The molecule has 2 aromatic rings. The van der Waals surface area contributed by atoms with Gasteiger partial charge in [-0.1, -0.05) is 17.8 Å². The van der Waals surface area contributed by atoms with E-state index in [-0.39, 0.29) is 11.4 Å². The molecule has 6 heteroatoms. The van der Waals surface area contributed by atoms with Crippen molar-refractivity contribution in [2.75, 3.05) is 0 Å². The highest BCUT2D eigenvalue weighted by Gasteiger charge is 2.13. The predicted molar refractivity (Wildman–Crippen MR) is 73.5 cm³/mol. The van der Waals surface area contributed by atoms with E-state index >= 15 is 0 Å². The van der Waals surface area contributed by atoms with E-state index in [0.717, 1.165) is 4.47 Å². The van der Waals surface area contributed by atoms with Crippen molar-refractivity contribution in [2.24, 2.45) is 5.73 Å². The number of rotatable bonds is 3. The van der Waals surface area contributed by atoms with E-state index in [9.17, 15) is 4.39 Å². The van der Waals surface area contributed by atoms with E-state index in [2.05, 4.69) is 20.9 Å². The Balaban J connectivity index is 2.44. The smallest absolute Gasteiger partial charge is 0.135 e. The topological polar surface area (TPSA) is 62.8 Å². The van der Waals surface area contributed by atoms with E-state index < -0.39 is 5.82 Å². The van der Waals surface area contributed by atoms with E-state index in [1.165, 1.54) is 17.8 Å². The molecule has 0 saturated heterocycles. The van der Waals surface area contributed by atoms with Crippen LogP contribution >= 0.6 is 27.7 Å². The third-order valence-corrected chi connectivity index (χ3v) is 4.16. The summed E-state index contributed by atoms with van der Waals surface area (Å²) in [4.78, 5) is 4.76. The summed E-state index contributed by atoms with van der Waals surface area (Å²) >= 11 is 4.64. The molecule has 0 aliphatic carbocycles. The molecule has 0 atom stereocenters.